The number of nitriles is 1. The molecule has 4 aliphatic rings. The van der Waals surface area contributed by atoms with E-state index in [1.807, 2.05) is 0 Å². The Morgan fingerprint density at radius 2 is 2.17 bits per heavy atom. The summed E-state index contributed by atoms with van der Waals surface area (Å²) < 4.78 is 0. The lowest BCUT2D eigenvalue weighted by molar-refractivity contribution is -0.115. The summed E-state index contributed by atoms with van der Waals surface area (Å²) in [6.45, 7) is 2.26. The highest BCUT2D eigenvalue weighted by Gasteiger charge is 2.58. The molecule has 1 N–H and O–H groups in total. The van der Waals surface area contributed by atoms with Crippen LogP contribution in [0.15, 0.2) is 23.5 Å². The van der Waals surface area contributed by atoms with Crippen LogP contribution in [-0.2, 0) is 4.79 Å². The van der Waals surface area contributed by atoms with Gasteiger partial charge in [0.25, 0.3) is 0 Å². The van der Waals surface area contributed by atoms with Gasteiger partial charge in [-0.05, 0) is 91.3 Å². The topological polar surface area (TPSA) is 61.1 Å². The normalized spacial score (nSPS) is 45.8. The van der Waals surface area contributed by atoms with Crippen molar-refractivity contribution in [3.05, 3.63) is 23.5 Å². The van der Waals surface area contributed by atoms with Crippen molar-refractivity contribution in [2.75, 3.05) is 0 Å². The molecule has 0 amide bonds. The number of nitrogens with zero attached hydrogens (tertiary/aromatic N) is 1. The van der Waals surface area contributed by atoms with Crippen LogP contribution in [-0.4, -0.2) is 10.9 Å². The molecule has 3 fully saturated rings. The molecule has 128 valence electrons. The quantitative estimate of drug-likeness (QED) is 0.710. The first-order chi connectivity index (χ1) is 11.6. The van der Waals surface area contributed by atoms with Gasteiger partial charge in [-0.15, -0.1) is 0 Å². The minimum absolute atomic E-state index is 0.197. The minimum Gasteiger partial charge on any atom is -0.515 e. The van der Waals surface area contributed by atoms with Crippen molar-refractivity contribution in [3.8, 4) is 6.07 Å². The summed E-state index contributed by atoms with van der Waals surface area (Å²) in [5.41, 5.74) is 2.30. The van der Waals surface area contributed by atoms with E-state index in [-0.39, 0.29) is 17.1 Å². The maximum Gasteiger partial charge on any atom is 0.156 e. The molecular weight excluding hydrogens is 298 g/mol. The van der Waals surface area contributed by atoms with Gasteiger partial charge in [0.2, 0.25) is 0 Å². The predicted molar refractivity (Wildman–Crippen MR) is 91.9 cm³/mol. The van der Waals surface area contributed by atoms with Crippen LogP contribution in [0.3, 0.4) is 0 Å². The number of carbonyl (C=O) groups excluding carboxylic acids is 1. The van der Waals surface area contributed by atoms with Crippen molar-refractivity contribution in [1.82, 2.24) is 0 Å². The van der Waals surface area contributed by atoms with Crippen molar-refractivity contribution in [2.24, 2.45) is 35.0 Å². The predicted octanol–water partition coefficient (Wildman–Crippen LogP) is 4.71. The maximum atomic E-state index is 11.9. The van der Waals surface area contributed by atoms with E-state index < -0.39 is 0 Å². The Labute approximate surface area is 144 Å². The molecule has 0 aromatic heterocycles. The molecule has 24 heavy (non-hydrogen) atoms. The molecule has 4 rings (SSSR count). The average Bonchev–Trinajstić information content (AvgIpc) is 2.99. The Kier molecular flexibility index (Phi) is 3.82. The van der Waals surface area contributed by atoms with E-state index in [4.69, 9.17) is 0 Å². The molecule has 0 spiro atoms. The van der Waals surface area contributed by atoms with E-state index in [1.165, 1.54) is 19.1 Å². The molecule has 6 atom stereocenters. The summed E-state index contributed by atoms with van der Waals surface area (Å²) in [4.78, 5) is 11.9. The molecule has 4 aliphatic carbocycles. The van der Waals surface area contributed by atoms with Gasteiger partial charge in [0.05, 0.1) is 18.2 Å². The second-order valence-corrected chi connectivity index (χ2v) is 8.39. The molecule has 3 saturated carbocycles. The summed E-state index contributed by atoms with van der Waals surface area (Å²) in [5.74, 6) is 2.68. The van der Waals surface area contributed by atoms with Crippen molar-refractivity contribution >= 4 is 5.78 Å². The van der Waals surface area contributed by atoms with E-state index >= 15 is 0 Å². The summed E-state index contributed by atoms with van der Waals surface area (Å²) in [6.07, 6.45) is 11.2. The number of hydrogen-bond acceptors (Lipinski definition) is 3. The highest BCUT2D eigenvalue weighted by atomic mass is 16.2. The van der Waals surface area contributed by atoms with Gasteiger partial charge in [0, 0.05) is 6.42 Å². The summed E-state index contributed by atoms with van der Waals surface area (Å²) in [5, 5.41) is 19.5. The largest absolute Gasteiger partial charge is 0.515 e. The van der Waals surface area contributed by atoms with Gasteiger partial charge in [-0.1, -0.05) is 6.92 Å². The zero-order valence-electron chi connectivity index (χ0n) is 14.5. The highest BCUT2D eigenvalue weighted by molar-refractivity contribution is 5.92. The fourth-order valence-electron chi connectivity index (χ4n) is 6.88. The third kappa shape index (κ3) is 2.05. The fraction of sp³-hybridized carbons (Fsp3) is 0.714. The highest BCUT2D eigenvalue weighted by Crippen LogP contribution is 2.65. The third-order valence-corrected chi connectivity index (χ3v) is 7.94. The van der Waals surface area contributed by atoms with E-state index in [0.717, 1.165) is 43.3 Å². The number of aliphatic hydroxyl groups is 1. The molecule has 0 saturated heterocycles. The Bertz CT molecular complexity index is 655. The number of ketones is 1. The Balaban J connectivity index is 1.72. The smallest absolute Gasteiger partial charge is 0.156 e. The van der Waals surface area contributed by atoms with Crippen LogP contribution in [0.5, 0.6) is 0 Å². The van der Waals surface area contributed by atoms with Crippen LogP contribution >= 0.6 is 0 Å². The molecule has 0 radical (unpaired) electrons. The molecular formula is C21H27NO2. The van der Waals surface area contributed by atoms with Crippen LogP contribution < -0.4 is 0 Å². The molecule has 0 bridgehead atoms. The standard InChI is InChI=1S/C21H27NO2/c1-2-21-8-7-17-16-5-4-15(24)10-18(16)13(12-23)9-19(17)20(21)6-3-14(21)11-22/h10,12,14,16-17,19-20,23H,2-9H2,1H3/b13-12+/t14-,16-,17-,19-,20+,21-/m1/s1. The zero-order chi connectivity index (χ0) is 16.9. The van der Waals surface area contributed by atoms with Gasteiger partial charge in [0.1, 0.15) is 0 Å². The summed E-state index contributed by atoms with van der Waals surface area (Å²) in [7, 11) is 0. The van der Waals surface area contributed by atoms with Crippen LogP contribution in [0.4, 0.5) is 0 Å². The number of hydrogen-bond donors (Lipinski definition) is 1. The molecule has 0 heterocycles. The average molecular weight is 325 g/mol. The Morgan fingerprint density at radius 3 is 2.88 bits per heavy atom. The molecule has 0 aromatic rings. The van der Waals surface area contributed by atoms with Gasteiger partial charge >= 0.3 is 0 Å². The van der Waals surface area contributed by atoms with Gasteiger partial charge in [-0.25, -0.2) is 0 Å². The first-order valence-corrected chi connectivity index (χ1v) is 9.62. The Morgan fingerprint density at radius 1 is 1.33 bits per heavy atom. The maximum absolute atomic E-state index is 11.9. The van der Waals surface area contributed by atoms with Crippen molar-refractivity contribution < 1.29 is 9.90 Å². The first-order valence-electron chi connectivity index (χ1n) is 9.62. The van der Waals surface area contributed by atoms with Gasteiger partial charge in [0.15, 0.2) is 5.78 Å². The number of carbonyl (C=O) groups is 1. The van der Waals surface area contributed by atoms with Crippen molar-refractivity contribution in [2.45, 2.75) is 58.3 Å². The summed E-state index contributed by atoms with van der Waals surface area (Å²) in [6, 6.07) is 2.62. The van der Waals surface area contributed by atoms with Gasteiger partial charge in [-0.3, -0.25) is 4.79 Å². The number of aliphatic hydroxyl groups excluding tert-OH is 1. The van der Waals surface area contributed by atoms with E-state index in [2.05, 4.69) is 13.0 Å². The Hall–Kier alpha value is -1.56. The second-order valence-electron chi connectivity index (χ2n) is 8.39. The van der Waals surface area contributed by atoms with E-state index in [0.29, 0.717) is 30.1 Å². The lowest BCUT2D eigenvalue weighted by Gasteiger charge is -2.54. The number of rotatable bonds is 1. The first kappa shape index (κ1) is 15.9. The van der Waals surface area contributed by atoms with Crippen LogP contribution in [0.25, 0.3) is 0 Å². The lowest BCUT2D eigenvalue weighted by Crippen LogP contribution is -2.47. The third-order valence-electron chi connectivity index (χ3n) is 7.94. The summed E-state index contributed by atoms with van der Waals surface area (Å²) >= 11 is 0. The van der Waals surface area contributed by atoms with Crippen molar-refractivity contribution in [1.29, 1.82) is 5.26 Å². The number of fused-ring (bicyclic) bond motifs is 5. The van der Waals surface area contributed by atoms with E-state index in [9.17, 15) is 15.2 Å². The molecule has 3 nitrogen and oxygen atoms in total. The monoisotopic (exact) mass is 325 g/mol. The molecule has 3 heteroatoms. The van der Waals surface area contributed by atoms with Gasteiger partial charge in [-0.2, -0.15) is 5.26 Å². The lowest BCUT2D eigenvalue weighted by atomic mass is 9.49. The van der Waals surface area contributed by atoms with Gasteiger partial charge < -0.3 is 5.11 Å². The fourth-order valence-corrected chi connectivity index (χ4v) is 6.88. The van der Waals surface area contributed by atoms with Crippen LogP contribution in [0.1, 0.15) is 58.3 Å². The van der Waals surface area contributed by atoms with Crippen LogP contribution in [0, 0.1) is 46.3 Å². The van der Waals surface area contributed by atoms with Crippen LogP contribution in [0.2, 0.25) is 0 Å². The minimum atomic E-state index is 0.197. The van der Waals surface area contributed by atoms with Crippen molar-refractivity contribution in [3.63, 3.8) is 0 Å². The second kappa shape index (κ2) is 5.76. The SMILES string of the molecule is CC[C@]12CC[C@H]3[C@@H](C/C(=C\O)C4=CC(=O)CC[C@@H]43)[C@@H]1CC[C@@H]2C#N. The molecule has 0 aliphatic heterocycles. The molecule has 0 unspecified atom stereocenters. The molecule has 0 aromatic carbocycles. The van der Waals surface area contributed by atoms with E-state index in [1.54, 1.807) is 6.08 Å². The zero-order valence-corrected chi connectivity index (χ0v) is 14.5. The number of allylic oxidation sites excluding steroid dienone is 2.